The Morgan fingerprint density at radius 1 is 1.47 bits per heavy atom. The van der Waals surface area contributed by atoms with Crippen molar-refractivity contribution in [3.63, 3.8) is 0 Å². The molecule has 3 rings (SSSR count). The van der Waals surface area contributed by atoms with Crippen molar-refractivity contribution in [2.75, 3.05) is 13.1 Å². The van der Waals surface area contributed by atoms with Gasteiger partial charge in [0.05, 0.1) is 11.8 Å². The number of aromatic nitrogens is 1. The SMILES string of the molecule is CC1CCN(C(=O)c2cc3occc3[nH]2)CC1. The van der Waals surface area contributed by atoms with Gasteiger partial charge in [-0.2, -0.15) is 0 Å². The van der Waals surface area contributed by atoms with E-state index in [1.54, 1.807) is 12.3 Å². The predicted molar refractivity (Wildman–Crippen MR) is 64.9 cm³/mol. The van der Waals surface area contributed by atoms with Gasteiger partial charge in [-0.05, 0) is 18.8 Å². The monoisotopic (exact) mass is 232 g/mol. The Hall–Kier alpha value is -1.71. The maximum absolute atomic E-state index is 12.2. The van der Waals surface area contributed by atoms with Gasteiger partial charge in [0, 0.05) is 25.2 Å². The number of hydrogen-bond donors (Lipinski definition) is 1. The van der Waals surface area contributed by atoms with E-state index in [-0.39, 0.29) is 5.91 Å². The third-order valence-electron chi connectivity index (χ3n) is 3.54. The first-order chi connectivity index (χ1) is 8.24. The first-order valence-electron chi connectivity index (χ1n) is 6.09. The van der Waals surface area contributed by atoms with E-state index < -0.39 is 0 Å². The summed E-state index contributed by atoms with van der Waals surface area (Å²) in [6.45, 7) is 3.96. The standard InChI is InChI=1S/C13H16N2O2/c1-9-2-5-15(6-3-9)13(16)11-8-12-10(14-11)4-7-17-12/h4,7-9,14H,2-3,5-6H2,1H3. The number of carbonyl (C=O) groups excluding carboxylic acids is 1. The van der Waals surface area contributed by atoms with E-state index in [0.717, 1.165) is 42.9 Å². The maximum Gasteiger partial charge on any atom is 0.270 e. The summed E-state index contributed by atoms with van der Waals surface area (Å²) in [5.41, 5.74) is 2.27. The summed E-state index contributed by atoms with van der Waals surface area (Å²) in [5.74, 6) is 0.822. The molecule has 1 fully saturated rings. The molecule has 0 aromatic carbocycles. The molecule has 3 heterocycles. The summed E-state index contributed by atoms with van der Waals surface area (Å²) in [6.07, 6.45) is 3.82. The fourth-order valence-electron chi connectivity index (χ4n) is 2.35. The van der Waals surface area contributed by atoms with Crippen LogP contribution in [-0.4, -0.2) is 28.9 Å². The molecule has 0 atom stereocenters. The van der Waals surface area contributed by atoms with Gasteiger partial charge in [0.15, 0.2) is 5.58 Å². The Morgan fingerprint density at radius 2 is 2.24 bits per heavy atom. The molecule has 0 saturated carbocycles. The van der Waals surface area contributed by atoms with Crippen LogP contribution in [0.25, 0.3) is 11.1 Å². The van der Waals surface area contributed by atoms with E-state index >= 15 is 0 Å². The molecule has 0 spiro atoms. The number of aromatic amines is 1. The second-order valence-electron chi connectivity index (χ2n) is 4.86. The highest BCUT2D eigenvalue weighted by Gasteiger charge is 2.22. The van der Waals surface area contributed by atoms with Crippen molar-refractivity contribution in [3.8, 4) is 0 Å². The van der Waals surface area contributed by atoms with Crippen LogP contribution in [-0.2, 0) is 0 Å². The van der Waals surface area contributed by atoms with E-state index in [9.17, 15) is 4.79 Å². The van der Waals surface area contributed by atoms with Gasteiger partial charge in [0.1, 0.15) is 5.69 Å². The first kappa shape index (κ1) is 10.4. The minimum Gasteiger partial charge on any atom is -0.463 e. The second kappa shape index (κ2) is 3.95. The topological polar surface area (TPSA) is 49.2 Å². The average molecular weight is 232 g/mol. The molecular weight excluding hydrogens is 216 g/mol. The van der Waals surface area contributed by atoms with Crippen LogP contribution in [0.2, 0.25) is 0 Å². The van der Waals surface area contributed by atoms with E-state index in [2.05, 4.69) is 11.9 Å². The molecule has 90 valence electrons. The molecule has 1 amide bonds. The van der Waals surface area contributed by atoms with Crippen LogP contribution in [0.4, 0.5) is 0 Å². The Balaban J connectivity index is 1.79. The smallest absolute Gasteiger partial charge is 0.270 e. The Morgan fingerprint density at radius 3 is 2.94 bits per heavy atom. The van der Waals surface area contributed by atoms with Crippen LogP contribution < -0.4 is 0 Å². The molecule has 17 heavy (non-hydrogen) atoms. The maximum atomic E-state index is 12.2. The van der Waals surface area contributed by atoms with Crippen molar-refractivity contribution in [3.05, 3.63) is 24.1 Å². The number of H-pyrrole nitrogens is 1. The summed E-state index contributed by atoms with van der Waals surface area (Å²) in [7, 11) is 0. The lowest BCUT2D eigenvalue weighted by molar-refractivity contribution is 0.0692. The number of hydrogen-bond acceptors (Lipinski definition) is 2. The highest BCUT2D eigenvalue weighted by atomic mass is 16.3. The fraction of sp³-hybridized carbons (Fsp3) is 0.462. The number of rotatable bonds is 1. The van der Waals surface area contributed by atoms with E-state index in [1.807, 2.05) is 11.0 Å². The summed E-state index contributed by atoms with van der Waals surface area (Å²) in [4.78, 5) is 17.2. The minimum atomic E-state index is 0.0864. The molecule has 0 radical (unpaired) electrons. The van der Waals surface area contributed by atoms with Gasteiger partial charge in [-0.25, -0.2) is 0 Å². The van der Waals surface area contributed by atoms with Gasteiger partial charge >= 0.3 is 0 Å². The predicted octanol–water partition coefficient (Wildman–Crippen LogP) is 2.63. The molecule has 4 nitrogen and oxygen atoms in total. The van der Waals surface area contributed by atoms with Gasteiger partial charge in [-0.1, -0.05) is 6.92 Å². The van der Waals surface area contributed by atoms with E-state index in [0.29, 0.717) is 5.69 Å². The number of amides is 1. The quantitative estimate of drug-likeness (QED) is 0.821. The van der Waals surface area contributed by atoms with Crippen molar-refractivity contribution in [2.24, 2.45) is 5.92 Å². The molecule has 1 aliphatic heterocycles. The molecule has 0 aliphatic carbocycles. The molecule has 0 unspecified atom stereocenters. The molecule has 1 saturated heterocycles. The van der Waals surface area contributed by atoms with Crippen molar-refractivity contribution < 1.29 is 9.21 Å². The molecule has 1 aliphatic rings. The lowest BCUT2D eigenvalue weighted by atomic mass is 9.99. The zero-order chi connectivity index (χ0) is 11.8. The van der Waals surface area contributed by atoms with Crippen LogP contribution >= 0.6 is 0 Å². The molecular formula is C13H16N2O2. The van der Waals surface area contributed by atoms with Crippen LogP contribution in [0.1, 0.15) is 30.3 Å². The van der Waals surface area contributed by atoms with Gasteiger partial charge in [-0.3, -0.25) is 4.79 Å². The fourth-order valence-corrected chi connectivity index (χ4v) is 2.35. The molecule has 2 aromatic rings. The molecule has 2 aromatic heterocycles. The summed E-state index contributed by atoms with van der Waals surface area (Å²) >= 11 is 0. The van der Waals surface area contributed by atoms with Crippen molar-refractivity contribution in [1.29, 1.82) is 0 Å². The van der Waals surface area contributed by atoms with Crippen molar-refractivity contribution in [1.82, 2.24) is 9.88 Å². The Bertz CT molecular complexity index is 504. The third-order valence-corrected chi connectivity index (χ3v) is 3.54. The van der Waals surface area contributed by atoms with Crippen molar-refractivity contribution in [2.45, 2.75) is 19.8 Å². The average Bonchev–Trinajstić information content (AvgIpc) is 2.89. The number of carbonyl (C=O) groups is 1. The highest BCUT2D eigenvalue weighted by molar-refractivity contribution is 5.96. The lowest BCUT2D eigenvalue weighted by Crippen LogP contribution is -2.38. The molecule has 0 bridgehead atoms. The summed E-state index contributed by atoms with van der Waals surface area (Å²) in [6, 6.07) is 3.63. The highest BCUT2D eigenvalue weighted by Crippen LogP contribution is 2.21. The normalized spacial score (nSPS) is 17.8. The van der Waals surface area contributed by atoms with Crippen LogP contribution in [0.3, 0.4) is 0 Å². The number of furan rings is 1. The zero-order valence-electron chi connectivity index (χ0n) is 9.90. The van der Waals surface area contributed by atoms with Crippen molar-refractivity contribution >= 4 is 17.0 Å². The lowest BCUT2D eigenvalue weighted by Gasteiger charge is -2.29. The van der Waals surface area contributed by atoms with Crippen LogP contribution in [0, 0.1) is 5.92 Å². The van der Waals surface area contributed by atoms with E-state index in [1.165, 1.54) is 0 Å². The Labute approximate surface area is 99.6 Å². The van der Waals surface area contributed by atoms with E-state index in [4.69, 9.17) is 4.42 Å². The number of nitrogens with one attached hydrogen (secondary N) is 1. The largest absolute Gasteiger partial charge is 0.463 e. The molecule has 1 N–H and O–H groups in total. The first-order valence-corrected chi connectivity index (χ1v) is 6.09. The van der Waals surface area contributed by atoms with Crippen LogP contribution in [0.15, 0.2) is 22.8 Å². The van der Waals surface area contributed by atoms with Gasteiger partial charge in [0.25, 0.3) is 5.91 Å². The summed E-state index contributed by atoms with van der Waals surface area (Å²) in [5, 5.41) is 0. The number of likely N-dealkylation sites (tertiary alicyclic amines) is 1. The van der Waals surface area contributed by atoms with Crippen LogP contribution in [0.5, 0.6) is 0 Å². The number of piperidine rings is 1. The zero-order valence-corrected chi connectivity index (χ0v) is 9.90. The Kier molecular flexibility index (Phi) is 2.42. The summed E-state index contributed by atoms with van der Waals surface area (Å²) < 4.78 is 5.25. The third kappa shape index (κ3) is 1.84. The minimum absolute atomic E-state index is 0.0864. The van der Waals surface area contributed by atoms with Gasteiger partial charge < -0.3 is 14.3 Å². The molecule has 4 heteroatoms. The second-order valence-corrected chi connectivity index (χ2v) is 4.86. The number of nitrogens with zero attached hydrogens (tertiary/aromatic N) is 1. The van der Waals surface area contributed by atoms with Gasteiger partial charge in [-0.15, -0.1) is 0 Å². The van der Waals surface area contributed by atoms with Gasteiger partial charge in [0.2, 0.25) is 0 Å². The number of fused-ring (bicyclic) bond motifs is 1.